The molecule has 0 atom stereocenters. The number of nitro groups is 1. The summed E-state index contributed by atoms with van der Waals surface area (Å²) in [6.45, 7) is 0.150. The number of fused-ring (bicyclic) bond motifs is 1. The number of carbonyl (C=O) groups excluding carboxylic acids is 1. The Labute approximate surface area is 159 Å². The second kappa shape index (κ2) is 6.98. The Balaban J connectivity index is 2.16. The summed E-state index contributed by atoms with van der Waals surface area (Å²) in [7, 11) is 0. The van der Waals surface area contributed by atoms with Crippen molar-refractivity contribution in [2.75, 3.05) is 0 Å². The zero-order valence-electron chi connectivity index (χ0n) is 12.2. The molecule has 0 aliphatic carbocycles. The Kier molecular flexibility index (Phi) is 4.92. The molecule has 1 aromatic carbocycles. The highest BCUT2D eigenvalue weighted by Gasteiger charge is 2.17. The van der Waals surface area contributed by atoms with Gasteiger partial charge in [-0.3, -0.25) is 14.9 Å². The van der Waals surface area contributed by atoms with Gasteiger partial charge in [-0.05, 0) is 18.2 Å². The quantitative estimate of drug-likeness (QED) is 0.365. The van der Waals surface area contributed by atoms with Gasteiger partial charge in [-0.2, -0.15) is 4.99 Å². The molecule has 3 aromatic rings. The van der Waals surface area contributed by atoms with Gasteiger partial charge in [-0.25, -0.2) is 0 Å². The van der Waals surface area contributed by atoms with Crippen LogP contribution in [0.2, 0.25) is 10.0 Å². The molecule has 6 nitrogen and oxygen atoms in total. The SMILES string of the molecule is C#CCn1c(=NC(=O)c2ccc([N+](=O)[O-])s2)sc2ccc(Cl)c(Cl)c21. The fraction of sp³-hybridized carbons (Fsp3) is 0.0667. The van der Waals surface area contributed by atoms with Crippen molar-refractivity contribution in [3.63, 3.8) is 0 Å². The van der Waals surface area contributed by atoms with Gasteiger partial charge in [-0.15, -0.1) is 6.42 Å². The topological polar surface area (TPSA) is 77.5 Å². The van der Waals surface area contributed by atoms with Gasteiger partial charge in [0.15, 0.2) is 4.80 Å². The molecule has 25 heavy (non-hydrogen) atoms. The van der Waals surface area contributed by atoms with E-state index in [4.69, 9.17) is 29.6 Å². The lowest BCUT2D eigenvalue weighted by atomic mass is 10.3. The van der Waals surface area contributed by atoms with E-state index in [1.807, 2.05) is 0 Å². The number of rotatable bonds is 3. The van der Waals surface area contributed by atoms with E-state index in [0.29, 0.717) is 20.4 Å². The third-order valence-electron chi connectivity index (χ3n) is 3.16. The van der Waals surface area contributed by atoms with E-state index in [2.05, 4.69) is 10.9 Å². The van der Waals surface area contributed by atoms with Crippen LogP contribution in [-0.2, 0) is 6.54 Å². The van der Waals surface area contributed by atoms with Crippen LogP contribution in [-0.4, -0.2) is 15.4 Å². The molecule has 0 aliphatic rings. The Hall–Kier alpha value is -2.18. The van der Waals surface area contributed by atoms with Gasteiger partial charge in [0.25, 0.3) is 5.91 Å². The standard InChI is InChI=1S/C15H7Cl2N3O3S2/c1-2-7-19-13-9(4-3-8(16)12(13)17)25-15(19)18-14(21)10-5-6-11(24-10)20(22)23/h1,3-6H,7H2. The normalized spacial score (nSPS) is 11.6. The van der Waals surface area contributed by atoms with Crippen LogP contribution in [0.15, 0.2) is 29.3 Å². The Morgan fingerprint density at radius 3 is 2.72 bits per heavy atom. The van der Waals surface area contributed by atoms with Crippen molar-refractivity contribution >= 4 is 67.0 Å². The molecule has 0 aliphatic heterocycles. The summed E-state index contributed by atoms with van der Waals surface area (Å²) in [6, 6.07) is 6.06. The molecule has 2 heterocycles. The fourth-order valence-electron chi connectivity index (χ4n) is 2.11. The maximum Gasteiger partial charge on any atom is 0.324 e. The number of halogens is 2. The van der Waals surface area contributed by atoms with E-state index in [1.165, 1.54) is 23.5 Å². The van der Waals surface area contributed by atoms with E-state index in [-0.39, 0.29) is 16.4 Å². The summed E-state index contributed by atoms with van der Waals surface area (Å²) < 4.78 is 2.39. The molecule has 126 valence electrons. The molecular weight excluding hydrogens is 405 g/mol. The van der Waals surface area contributed by atoms with Gasteiger partial charge < -0.3 is 4.57 Å². The molecule has 3 rings (SSSR count). The Morgan fingerprint density at radius 2 is 2.08 bits per heavy atom. The predicted octanol–water partition coefficient (Wildman–Crippen LogP) is 4.35. The number of thiazole rings is 1. The molecule has 0 bridgehead atoms. The molecule has 0 saturated carbocycles. The zero-order chi connectivity index (χ0) is 18.1. The number of thiophene rings is 1. The lowest BCUT2D eigenvalue weighted by molar-refractivity contribution is -0.380. The molecular formula is C15H7Cl2N3O3S2. The van der Waals surface area contributed by atoms with Crippen molar-refractivity contribution in [1.29, 1.82) is 0 Å². The monoisotopic (exact) mass is 411 g/mol. The van der Waals surface area contributed by atoms with Gasteiger partial charge in [0.2, 0.25) is 0 Å². The molecule has 0 fully saturated rings. The Morgan fingerprint density at radius 1 is 1.32 bits per heavy atom. The number of hydrogen-bond acceptors (Lipinski definition) is 5. The van der Waals surface area contributed by atoms with Crippen LogP contribution in [0.5, 0.6) is 0 Å². The van der Waals surface area contributed by atoms with Crippen LogP contribution in [0.1, 0.15) is 9.67 Å². The average Bonchev–Trinajstić information content (AvgIpc) is 3.18. The molecule has 0 unspecified atom stereocenters. The summed E-state index contributed by atoms with van der Waals surface area (Å²) in [6.07, 6.45) is 5.40. The van der Waals surface area contributed by atoms with Gasteiger partial charge in [0.1, 0.15) is 4.88 Å². The third-order valence-corrected chi connectivity index (χ3v) is 6.03. The van der Waals surface area contributed by atoms with Crippen LogP contribution in [0.4, 0.5) is 5.00 Å². The predicted molar refractivity (Wildman–Crippen MR) is 99.5 cm³/mol. The van der Waals surface area contributed by atoms with Crippen molar-refractivity contribution < 1.29 is 9.72 Å². The van der Waals surface area contributed by atoms with E-state index in [0.717, 1.165) is 16.0 Å². The number of aromatic nitrogens is 1. The van der Waals surface area contributed by atoms with Crippen molar-refractivity contribution in [1.82, 2.24) is 4.57 Å². The summed E-state index contributed by atoms with van der Waals surface area (Å²) in [4.78, 5) is 27.1. The first-order valence-electron chi connectivity index (χ1n) is 6.66. The summed E-state index contributed by atoms with van der Waals surface area (Å²) >= 11 is 14.3. The number of hydrogen-bond donors (Lipinski definition) is 0. The zero-order valence-corrected chi connectivity index (χ0v) is 15.4. The van der Waals surface area contributed by atoms with Crippen LogP contribution >= 0.6 is 45.9 Å². The minimum absolute atomic E-state index is 0.124. The van der Waals surface area contributed by atoms with E-state index in [9.17, 15) is 14.9 Å². The van der Waals surface area contributed by atoms with Crippen molar-refractivity contribution in [3.8, 4) is 12.3 Å². The molecule has 0 N–H and O–H groups in total. The van der Waals surface area contributed by atoms with Gasteiger partial charge >= 0.3 is 5.00 Å². The van der Waals surface area contributed by atoms with Crippen LogP contribution < -0.4 is 4.80 Å². The minimum atomic E-state index is -0.586. The summed E-state index contributed by atoms with van der Waals surface area (Å²) in [5.41, 5.74) is 0.598. The second-order valence-electron chi connectivity index (χ2n) is 4.69. The molecule has 0 spiro atoms. The number of nitrogens with zero attached hydrogens (tertiary/aromatic N) is 3. The average molecular weight is 412 g/mol. The largest absolute Gasteiger partial charge is 0.324 e. The van der Waals surface area contributed by atoms with Crippen LogP contribution in [0, 0.1) is 22.5 Å². The molecule has 2 aromatic heterocycles. The first kappa shape index (κ1) is 17.6. The molecule has 10 heteroatoms. The Bertz CT molecular complexity index is 1120. The highest BCUT2D eigenvalue weighted by molar-refractivity contribution is 7.17. The summed E-state index contributed by atoms with van der Waals surface area (Å²) in [5.74, 6) is 1.91. The van der Waals surface area contributed by atoms with Crippen molar-refractivity contribution in [2.24, 2.45) is 4.99 Å². The van der Waals surface area contributed by atoms with E-state index >= 15 is 0 Å². The number of amides is 1. The molecule has 0 saturated heterocycles. The lowest BCUT2D eigenvalue weighted by Gasteiger charge is -2.03. The van der Waals surface area contributed by atoms with Crippen LogP contribution in [0.25, 0.3) is 10.2 Å². The van der Waals surface area contributed by atoms with Gasteiger partial charge in [0.05, 0.1) is 31.7 Å². The first-order chi connectivity index (χ1) is 11.9. The van der Waals surface area contributed by atoms with Crippen molar-refractivity contribution in [2.45, 2.75) is 6.54 Å². The van der Waals surface area contributed by atoms with Gasteiger partial charge in [-0.1, -0.05) is 51.8 Å². The maximum atomic E-state index is 12.3. The number of terminal acetylenes is 1. The molecule has 1 amide bonds. The van der Waals surface area contributed by atoms with Gasteiger partial charge in [0, 0.05) is 6.07 Å². The number of benzene rings is 1. The summed E-state index contributed by atoms with van der Waals surface area (Å²) in [5, 5.41) is 11.3. The second-order valence-corrected chi connectivity index (χ2v) is 7.55. The third kappa shape index (κ3) is 3.32. The highest BCUT2D eigenvalue weighted by atomic mass is 35.5. The highest BCUT2D eigenvalue weighted by Crippen LogP contribution is 2.32. The smallest absolute Gasteiger partial charge is 0.303 e. The van der Waals surface area contributed by atoms with E-state index < -0.39 is 10.8 Å². The lowest BCUT2D eigenvalue weighted by Crippen LogP contribution is -2.16. The first-order valence-corrected chi connectivity index (χ1v) is 9.05. The minimum Gasteiger partial charge on any atom is -0.303 e. The fourth-order valence-corrected chi connectivity index (χ4v) is 4.33. The van der Waals surface area contributed by atoms with E-state index in [1.54, 1.807) is 16.7 Å². The van der Waals surface area contributed by atoms with Crippen molar-refractivity contribution in [3.05, 3.63) is 54.1 Å². The number of carbonyl (C=O) groups is 1. The van der Waals surface area contributed by atoms with Crippen LogP contribution in [0.3, 0.4) is 0 Å². The molecule has 0 radical (unpaired) electrons. The maximum absolute atomic E-state index is 12.3.